The number of ether oxygens (including phenoxy) is 1. The number of anilines is 1. The smallest absolute Gasteiger partial charge is 0.194 e. The monoisotopic (exact) mass is 273 g/mol. The van der Waals surface area contributed by atoms with Crippen LogP contribution in [0, 0.1) is 0 Å². The maximum atomic E-state index is 12.4. The van der Waals surface area contributed by atoms with Crippen LogP contribution in [-0.4, -0.2) is 12.4 Å². The molecule has 0 fully saturated rings. The lowest BCUT2D eigenvalue weighted by Gasteiger charge is -2.07. The Labute approximate surface area is 115 Å². The third-order valence-electron chi connectivity index (χ3n) is 3.22. The van der Waals surface area contributed by atoms with Crippen molar-refractivity contribution in [2.45, 2.75) is 6.42 Å². The van der Waals surface area contributed by atoms with Crippen molar-refractivity contribution < 1.29 is 9.53 Å². The maximum Gasteiger partial charge on any atom is 0.194 e. The van der Waals surface area contributed by atoms with Gasteiger partial charge in [-0.25, -0.2) is 0 Å². The number of nitrogen functional groups attached to an aromatic ring is 1. The van der Waals surface area contributed by atoms with Crippen molar-refractivity contribution in [2.75, 3.05) is 12.3 Å². The zero-order valence-electron chi connectivity index (χ0n) is 10.2. The number of benzene rings is 2. The Bertz CT molecular complexity index is 667. The molecule has 1 aliphatic rings. The molecule has 3 nitrogen and oxygen atoms in total. The van der Waals surface area contributed by atoms with Crippen LogP contribution < -0.4 is 10.5 Å². The summed E-state index contributed by atoms with van der Waals surface area (Å²) in [5.41, 5.74) is 8.24. The van der Waals surface area contributed by atoms with Crippen LogP contribution in [-0.2, 0) is 6.42 Å². The zero-order chi connectivity index (χ0) is 13.4. The van der Waals surface area contributed by atoms with Crippen LogP contribution in [0.5, 0.6) is 5.75 Å². The number of carbonyl (C=O) groups is 1. The van der Waals surface area contributed by atoms with E-state index < -0.39 is 0 Å². The summed E-state index contributed by atoms with van der Waals surface area (Å²) in [5.74, 6) is 0.738. The summed E-state index contributed by atoms with van der Waals surface area (Å²) in [6.45, 7) is 0.673. The van der Waals surface area contributed by atoms with Gasteiger partial charge in [0, 0.05) is 17.5 Å². The Hall–Kier alpha value is -2.00. The first-order valence-electron chi connectivity index (χ1n) is 6.01. The third kappa shape index (κ3) is 2.06. The van der Waals surface area contributed by atoms with E-state index in [1.54, 1.807) is 24.3 Å². The van der Waals surface area contributed by atoms with Crippen molar-refractivity contribution in [3.63, 3.8) is 0 Å². The van der Waals surface area contributed by atoms with Gasteiger partial charge in [0.05, 0.1) is 17.3 Å². The van der Waals surface area contributed by atoms with Crippen LogP contribution >= 0.6 is 11.6 Å². The molecular formula is C15H12ClNO2. The highest BCUT2D eigenvalue weighted by Crippen LogP contribution is 2.29. The molecule has 0 radical (unpaired) electrons. The first kappa shape index (κ1) is 12.1. The molecule has 1 aliphatic heterocycles. The first-order valence-corrected chi connectivity index (χ1v) is 6.39. The van der Waals surface area contributed by atoms with Gasteiger partial charge in [0.25, 0.3) is 0 Å². The van der Waals surface area contributed by atoms with Gasteiger partial charge in [-0.15, -0.1) is 0 Å². The van der Waals surface area contributed by atoms with Gasteiger partial charge >= 0.3 is 0 Å². The van der Waals surface area contributed by atoms with Gasteiger partial charge in [-0.3, -0.25) is 4.79 Å². The lowest BCUT2D eigenvalue weighted by atomic mass is 10.00. The summed E-state index contributed by atoms with van der Waals surface area (Å²) in [6.07, 6.45) is 0.834. The van der Waals surface area contributed by atoms with Crippen LogP contribution in [0.3, 0.4) is 0 Å². The first-order chi connectivity index (χ1) is 9.16. The molecule has 0 bridgehead atoms. The summed E-state index contributed by atoms with van der Waals surface area (Å²) >= 11 is 6.08. The molecule has 3 rings (SSSR count). The molecule has 96 valence electrons. The average molecular weight is 274 g/mol. The van der Waals surface area contributed by atoms with E-state index in [0.29, 0.717) is 28.4 Å². The Morgan fingerprint density at radius 2 is 2.11 bits per heavy atom. The Balaban J connectivity index is 2.02. The molecule has 0 aromatic heterocycles. The van der Waals surface area contributed by atoms with Crippen molar-refractivity contribution in [3.8, 4) is 5.75 Å². The van der Waals surface area contributed by atoms with E-state index >= 15 is 0 Å². The van der Waals surface area contributed by atoms with Crippen molar-refractivity contribution in [1.82, 2.24) is 0 Å². The van der Waals surface area contributed by atoms with Gasteiger partial charge in [-0.05, 0) is 35.9 Å². The molecule has 19 heavy (non-hydrogen) atoms. The molecule has 1 heterocycles. The van der Waals surface area contributed by atoms with Gasteiger partial charge in [-0.1, -0.05) is 17.7 Å². The van der Waals surface area contributed by atoms with Gasteiger partial charge in [-0.2, -0.15) is 0 Å². The number of nitrogens with two attached hydrogens (primary N) is 1. The minimum atomic E-state index is -0.119. The summed E-state index contributed by atoms with van der Waals surface area (Å²) in [6, 6.07) is 10.5. The highest BCUT2D eigenvalue weighted by atomic mass is 35.5. The lowest BCUT2D eigenvalue weighted by Crippen LogP contribution is -2.04. The fourth-order valence-electron chi connectivity index (χ4n) is 2.21. The van der Waals surface area contributed by atoms with Crippen molar-refractivity contribution in [3.05, 3.63) is 58.1 Å². The number of carbonyl (C=O) groups excluding carboxylic acids is 1. The molecule has 2 aromatic carbocycles. The van der Waals surface area contributed by atoms with Crippen LogP contribution in [0.25, 0.3) is 0 Å². The van der Waals surface area contributed by atoms with Gasteiger partial charge < -0.3 is 10.5 Å². The summed E-state index contributed by atoms with van der Waals surface area (Å²) in [7, 11) is 0. The third-order valence-corrected chi connectivity index (χ3v) is 3.65. The molecule has 0 spiro atoms. The number of hydrogen-bond acceptors (Lipinski definition) is 3. The molecule has 2 N–H and O–H groups in total. The van der Waals surface area contributed by atoms with E-state index in [1.165, 1.54) is 0 Å². The van der Waals surface area contributed by atoms with Gasteiger partial charge in [0.15, 0.2) is 5.78 Å². The number of rotatable bonds is 2. The molecule has 0 amide bonds. The fraction of sp³-hybridized carbons (Fsp3) is 0.133. The van der Waals surface area contributed by atoms with E-state index in [4.69, 9.17) is 22.1 Å². The molecule has 0 saturated carbocycles. The van der Waals surface area contributed by atoms with Crippen molar-refractivity contribution in [1.29, 1.82) is 0 Å². The Morgan fingerprint density at radius 3 is 2.95 bits per heavy atom. The molecule has 0 aliphatic carbocycles. The predicted octanol–water partition coefficient (Wildman–Crippen LogP) is 3.09. The van der Waals surface area contributed by atoms with Crippen LogP contribution in [0.2, 0.25) is 5.02 Å². The predicted molar refractivity (Wildman–Crippen MR) is 74.9 cm³/mol. The Kier molecular flexibility index (Phi) is 2.91. The highest BCUT2D eigenvalue weighted by Gasteiger charge is 2.18. The number of hydrogen-bond donors (Lipinski definition) is 1. The quantitative estimate of drug-likeness (QED) is 0.676. The van der Waals surface area contributed by atoms with Gasteiger partial charge in [0.1, 0.15) is 5.75 Å². The maximum absolute atomic E-state index is 12.4. The SMILES string of the molecule is Nc1cccc(C(=O)c2ccc3c(c2)CCO3)c1Cl. The van der Waals surface area contributed by atoms with Crippen LogP contribution in [0.1, 0.15) is 21.5 Å². The largest absolute Gasteiger partial charge is 0.493 e. The second kappa shape index (κ2) is 4.59. The zero-order valence-corrected chi connectivity index (χ0v) is 10.9. The van der Waals surface area contributed by atoms with Gasteiger partial charge in [0.2, 0.25) is 0 Å². The molecule has 4 heteroatoms. The van der Waals surface area contributed by atoms with Crippen molar-refractivity contribution >= 4 is 23.1 Å². The highest BCUT2D eigenvalue weighted by molar-refractivity contribution is 6.37. The van der Waals surface area contributed by atoms with E-state index in [9.17, 15) is 4.79 Å². The number of halogens is 1. The minimum absolute atomic E-state index is 0.119. The molecule has 0 saturated heterocycles. The lowest BCUT2D eigenvalue weighted by molar-refractivity contribution is 0.103. The van der Waals surface area contributed by atoms with E-state index in [2.05, 4.69) is 0 Å². The topological polar surface area (TPSA) is 52.3 Å². The molecule has 0 unspecified atom stereocenters. The second-order valence-electron chi connectivity index (χ2n) is 4.46. The van der Waals surface area contributed by atoms with E-state index in [1.807, 2.05) is 12.1 Å². The van der Waals surface area contributed by atoms with Crippen molar-refractivity contribution in [2.24, 2.45) is 0 Å². The molecular weight excluding hydrogens is 262 g/mol. The van der Waals surface area contributed by atoms with E-state index in [-0.39, 0.29) is 5.78 Å². The number of ketones is 1. The molecule has 0 atom stereocenters. The normalized spacial score (nSPS) is 12.9. The minimum Gasteiger partial charge on any atom is -0.493 e. The van der Waals surface area contributed by atoms with Crippen LogP contribution in [0.15, 0.2) is 36.4 Å². The molecule has 2 aromatic rings. The standard InChI is InChI=1S/C15H12ClNO2/c16-14-11(2-1-3-12(14)17)15(18)10-4-5-13-9(8-10)6-7-19-13/h1-5,8H,6-7,17H2. The van der Waals surface area contributed by atoms with E-state index in [0.717, 1.165) is 17.7 Å². The fourth-order valence-corrected chi connectivity index (χ4v) is 2.42. The summed E-state index contributed by atoms with van der Waals surface area (Å²) in [5, 5.41) is 0.309. The number of fused-ring (bicyclic) bond motifs is 1. The second-order valence-corrected chi connectivity index (χ2v) is 4.84. The van der Waals surface area contributed by atoms with Crippen LogP contribution in [0.4, 0.5) is 5.69 Å². The Morgan fingerprint density at radius 1 is 1.26 bits per heavy atom. The summed E-state index contributed by atoms with van der Waals surface area (Å²) in [4.78, 5) is 12.4. The summed E-state index contributed by atoms with van der Waals surface area (Å²) < 4.78 is 5.42. The average Bonchev–Trinajstić information content (AvgIpc) is 2.88.